The van der Waals surface area contributed by atoms with Crippen molar-refractivity contribution < 1.29 is 32.3 Å². The third-order valence-electron chi connectivity index (χ3n) is 6.73. The van der Waals surface area contributed by atoms with Crippen molar-refractivity contribution in [2.45, 2.75) is 64.3 Å². The molecule has 1 aliphatic carbocycles. The fraction of sp³-hybridized carbons (Fsp3) is 0.500. The third-order valence-corrected chi connectivity index (χ3v) is 6.73. The van der Waals surface area contributed by atoms with Crippen molar-refractivity contribution in [2.75, 3.05) is 11.9 Å². The number of hydrogen-bond acceptors (Lipinski definition) is 4. The van der Waals surface area contributed by atoms with E-state index in [9.17, 15) is 32.3 Å². The second-order valence-corrected chi connectivity index (χ2v) is 9.02. The summed E-state index contributed by atoms with van der Waals surface area (Å²) in [5.41, 5.74) is -0.140. The Bertz CT molecular complexity index is 1100. The molecule has 1 aliphatic rings. The number of benzene rings is 1. The molecule has 2 aromatic rings. The SMILES string of the molecule is Cc1cc(NC(=O)c2c(C)c(C(=O)CNC3CCC(O)(C(F)(F)F)CC3)n(C)c2C)ccc1F. The van der Waals surface area contributed by atoms with E-state index in [1.807, 2.05) is 0 Å². The molecule has 3 rings (SSSR count). The molecule has 1 fully saturated rings. The number of alkyl halides is 3. The number of Topliss-reactive ketones (excluding diaryl/α,β-unsaturated/α-hetero) is 1. The van der Waals surface area contributed by atoms with E-state index in [0.29, 0.717) is 33.8 Å². The number of rotatable bonds is 6. The molecule has 0 unspecified atom stereocenters. The van der Waals surface area contributed by atoms with Crippen molar-refractivity contribution in [2.24, 2.45) is 7.05 Å². The molecule has 0 radical (unpaired) electrons. The molecule has 1 aromatic heterocycles. The first-order valence-electron chi connectivity index (χ1n) is 11.0. The molecular weight excluding hydrogens is 454 g/mol. The van der Waals surface area contributed by atoms with E-state index in [1.165, 1.54) is 18.2 Å². The van der Waals surface area contributed by atoms with E-state index >= 15 is 0 Å². The number of carbonyl (C=O) groups excluding carboxylic acids is 2. The van der Waals surface area contributed by atoms with Gasteiger partial charge in [0, 0.05) is 24.5 Å². The Morgan fingerprint density at radius 2 is 1.79 bits per heavy atom. The number of aryl methyl sites for hydroxylation is 1. The zero-order valence-electron chi connectivity index (χ0n) is 19.6. The Morgan fingerprint density at radius 3 is 2.35 bits per heavy atom. The van der Waals surface area contributed by atoms with Gasteiger partial charge >= 0.3 is 6.18 Å². The fourth-order valence-electron chi connectivity index (χ4n) is 4.53. The predicted molar refractivity (Wildman–Crippen MR) is 120 cm³/mol. The van der Waals surface area contributed by atoms with Crippen molar-refractivity contribution in [3.8, 4) is 0 Å². The number of hydrogen-bond donors (Lipinski definition) is 3. The van der Waals surface area contributed by atoms with Gasteiger partial charge in [-0.2, -0.15) is 13.2 Å². The molecule has 1 saturated carbocycles. The lowest BCUT2D eigenvalue weighted by atomic mass is 9.81. The van der Waals surface area contributed by atoms with Crippen molar-refractivity contribution in [1.82, 2.24) is 9.88 Å². The van der Waals surface area contributed by atoms with Crippen LogP contribution in [0.1, 0.15) is 63.4 Å². The van der Waals surface area contributed by atoms with Gasteiger partial charge in [-0.25, -0.2) is 4.39 Å². The third kappa shape index (κ3) is 5.02. The van der Waals surface area contributed by atoms with Crippen molar-refractivity contribution in [1.29, 1.82) is 0 Å². The Morgan fingerprint density at radius 1 is 1.18 bits per heavy atom. The summed E-state index contributed by atoms with van der Waals surface area (Å²) in [4.78, 5) is 25.9. The second-order valence-electron chi connectivity index (χ2n) is 9.02. The zero-order valence-corrected chi connectivity index (χ0v) is 19.6. The maximum atomic E-state index is 13.5. The normalized spacial score (nSPS) is 20.9. The van der Waals surface area contributed by atoms with Crippen LogP contribution in [0.5, 0.6) is 0 Å². The largest absolute Gasteiger partial charge is 0.417 e. The summed E-state index contributed by atoms with van der Waals surface area (Å²) < 4.78 is 54.1. The zero-order chi connectivity index (χ0) is 25.4. The molecular formula is C24H29F4N3O3. The highest BCUT2D eigenvalue weighted by Crippen LogP contribution is 2.41. The molecule has 0 bridgehead atoms. The van der Waals surface area contributed by atoms with Gasteiger partial charge in [0.25, 0.3) is 5.91 Å². The summed E-state index contributed by atoms with van der Waals surface area (Å²) in [6, 6.07) is 3.91. The van der Waals surface area contributed by atoms with E-state index < -0.39 is 30.5 Å². The first kappa shape index (κ1) is 25.9. The summed E-state index contributed by atoms with van der Waals surface area (Å²) in [7, 11) is 1.67. The van der Waals surface area contributed by atoms with Crippen LogP contribution < -0.4 is 10.6 Å². The number of nitrogens with one attached hydrogen (secondary N) is 2. The maximum absolute atomic E-state index is 13.5. The van der Waals surface area contributed by atoms with Crippen LogP contribution in [0.2, 0.25) is 0 Å². The lowest BCUT2D eigenvalue weighted by Crippen LogP contribution is -2.51. The average molecular weight is 484 g/mol. The highest BCUT2D eigenvalue weighted by molar-refractivity contribution is 6.09. The number of aliphatic hydroxyl groups is 1. The van der Waals surface area contributed by atoms with Crippen LogP contribution in [0.25, 0.3) is 0 Å². The van der Waals surface area contributed by atoms with E-state index in [-0.39, 0.29) is 37.0 Å². The van der Waals surface area contributed by atoms with Gasteiger partial charge in [-0.15, -0.1) is 0 Å². The summed E-state index contributed by atoms with van der Waals surface area (Å²) in [5.74, 6) is -1.11. The Balaban J connectivity index is 1.68. The van der Waals surface area contributed by atoms with Crippen molar-refractivity contribution >= 4 is 17.4 Å². The van der Waals surface area contributed by atoms with Gasteiger partial charge in [-0.3, -0.25) is 9.59 Å². The van der Waals surface area contributed by atoms with Gasteiger partial charge in [-0.1, -0.05) is 0 Å². The molecule has 10 heteroatoms. The highest BCUT2D eigenvalue weighted by atomic mass is 19.4. The Labute approximate surface area is 195 Å². The first-order chi connectivity index (χ1) is 15.7. The lowest BCUT2D eigenvalue weighted by molar-refractivity contribution is -0.270. The molecule has 1 heterocycles. The monoisotopic (exact) mass is 483 g/mol. The summed E-state index contributed by atoms with van der Waals surface area (Å²) in [6.07, 6.45) is -5.32. The number of nitrogens with zero attached hydrogens (tertiary/aromatic N) is 1. The summed E-state index contributed by atoms with van der Waals surface area (Å²) in [5, 5.41) is 15.5. The average Bonchev–Trinajstić information content (AvgIpc) is 2.97. The molecule has 3 N–H and O–H groups in total. The van der Waals surface area contributed by atoms with Gasteiger partial charge in [0.1, 0.15) is 5.82 Å². The van der Waals surface area contributed by atoms with Gasteiger partial charge in [0.15, 0.2) is 11.4 Å². The van der Waals surface area contributed by atoms with E-state index in [1.54, 1.807) is 32.4 Å². The maximum Gasteiger partial charge on any atom is 0.417 e. The number of ketones is 1. The quantitative estimate of drug-likeness (QED) is 0.422. The van der Waals surface area contributed by atoms with Gasteiger partial charge in [0.2, 0.25) is 0 Å². The van der Waals surface area contributed by atoms with Crippen molar-refractivity contribution in [3.63, 3.8) is 0 Å². The molecule has 34 heavy (non-hydrogen) atoms. The van der Waals surface area contributed by atoms with E-state index in [0.717, 1.165) is 0 Å². The van der Waals surface area contributed by atoms with Crippen LogP contribution in [0.4, 0.5) is 23.2 Å². The van der Waals surface area contributed by atoms with E-state index in [4.69, 9.17) is 0 Å². The second kappa shape index (κ2) is 9.50. The molecule has 6 nitrogen and oxygen atoms in total. The van der Waals surface area contributed by atoms with Crippen LogP contribution in [0.15, 0.2) is 18.2 Å². The number of anilines is 1. The number of amides is 1. The van der Waals surface area contributed by atoms with Crippen LogP contribution in [-0.2, 0) is 7.05 Å². The van der Waals surface area contributed by atoms with Crippen LogP contribution >= 0.6 is 0 Å². The minimum atomic E-state index is -4.67. The highest BCUT2D eigenvalue weighted by Gasteiger charge is 2.54. The van der Waals surface area contributed by atoms with E-state index in [2.05, 4.69) is 10.6 Å². The molecule has 186 valence electrons. The molecule has 0 aliphatic heterocycles. The predicted octanol–water partition coefficient (Wildman–Crippen LogP) is 4.35. The summed E-state index contributed by atoms with van der Waals surface area (Å²) >= 11 is 0. The smallest absolute Gasteiger partial charge is 0.380 e. The topological polar surface area (TPSA) is 83.4 Å². The molecule has 0 saturated heterocycles. The minimum absolute atomic E-state index is 0.0964. The standard InChI is InChI=1S/C24H29F4N3O3/c1-13-11-17(5-6-18(13)25)30-22(33)20-14(2)21(31(4)15(20)3)19(32)12-29-16-7-9-23(34,10-8-16)24(26,27)28/h5-6,11,16,29,34H,7-10,12H2,1-4H3,(H,30,33). The molecule has 1 amide bonds. The summed E-state index contributed by atoms with van der Waals surface area (Å²) in [6.45, 7) is 4.85. The number of carbonyl (C=O) groups is 2. The lowest BCUT2D eigenvalue weighted by Gasteiger charge is -2.37. The first-order valence-corrected chi connectivity index (χ1v) is 11.0. The van der Waals surface area contributed by atoms with Gasteiger partial charge in [0.05, 0.1) is 17.8 Å². The molecule has 0 atom stereocenters. The number of halogens is 4. The molecule has 1 aromatic carbocycles. The van der Waals surface area contributed by atoms with Crippen LogP contribution in [-0.4, -0.2) is 45.7 Å². The van der Waals surface area contributed by atoms with Crippen LogP contribution in [0, 0.1) is 26.6 Å². The molecule has 0 spiro atoms. The Kier molecular flexibility index (Phi) is 7.23. The van der Waals surface area contributed by atoms with Gasteiger partial charge in [-0.05, 0) is 75.8 Å². The van der Waals surface area contributed by atoms with Gasteiger partial charge < -0.3 is 20.3 Å². The fourth-order valence-corrected chi connectivity index (χ4v) is 4.53. The minimum Gasteiger partial charge on any atom is -0.380 e. The van der Waals surface area contributed by atoms with Crippen LogP contribution in [0.3, 0.4) is 0 Å². The number of aromatic nitrogens is 1. The Hall–Kier alpha value is -2.72. The van der Waals surface area contributed by atoms with Crippen molar-refractivity contribution in [3.05, 3.63) is 52.1 Å².